The van der Waals surface area contributed by atoms with Crippen LogP contribution in [0.5, 0.6) is 0 Å². The van der Waals surface area contributed by atoms with Crippen LogP contribution in [0, 0.1) is 6.92 Å². The molecule has 0 aliphatic rings. The van der Waals surface area contributed by atoms with E-state index in [2.05, 4.69) is 16.0 Å². The number of benzene rings is 1. The van der Waals surface area contributed by atoms with Gasteiger partial charge in [0.05, 0.1) is 0 Å². The normalized spacial score (nSPS) is 11.6. The molecule has 1 aromatic heterocycles. The van der Waals surface area contributed by atoms with E-state index in [0.29, 0.717) is 43.5 Å². The molecule has 0 unspecified atom stereocenters. The lowest BCUT2D eigenvalue weighted by Gasteiger charge is -2.17. The number of hydrogen-bond donors (Lipinski definition) is 3. The Hall–Kier alpha value is -3.16. The van der Waals surface area contributed by atoms with E-state index in [-0.39, 0.29) is 11.8 Å². The van der Waals surface area contributed by atoms with Gasteiger partial charge in [0.25, 0.3) is 0 Å². The summed E-state index contributed by atoms with van der Waals surface area (Å²) in [5.74, 6) is -0.663. The maximum absolute atomic E-state index is 12.5. The predicted molar refractivity (Wildman–Crippen MR) is 101 cm³/mol. The second-order valence-electron chi connectivity index (χ2n) is 6.27. The van der Waals surface area contributed by atoms with E-state index in [9.17, 15) is 19.2 Å². The van der Waals surface area contributed by atoms with Crippen molar-refractivity contribution in [3.63, 3.8) is 0 Å². The number of fused-ring (bicyclic) bond motifs is 1. The first-order valence-electron chi connectivity index (χ1n) is 8.70. The number of nitrogens with one attached hydrogen (secondary N) is 3. The molecule has 0 fully saturated rings. The Labute approximate surface area is 156 Å². The fourth-order valence-corrected chi connectivity index (χ4v) is 2.78. The Kier molecular flexibility index (Phi) is 7.10. The van der Waals surface area contributed by atoms with Crippen molar-refractivity contribution in [1.82, 2.24) is 10.6 Å². The van der Waals surface area contributed by atoms with Gasteiger partial charge in [0.15, 0.2) is 0 Å². The fourth-order valence-electron chi connectivity index (χ4n) is 2.78. The van der Waals surface area contributed by atoms with Crippen molar-refractivity contribution in [2.45, 2.75) is 39.2 Å². The summed E-state index contributed by atoms with van der Waals surface area (Å²) in [6.45, 7) is 3.67. The average Bonchev–Trinajstić information content (AvgIpc) is 2.59. The molecule has 8 heteroatoms. The number of amides is 3. The number of carbonyl (C=O) groups is 3. The maximum Gasteiger partial charge on any atom is 0.336 e. The lowest BCUT2D eigenvalue weighted by Crippen LogP contribution is -2.42. The molecule has 8 nitrogen and oxygen atoms in total. The lowest BCUT2D eigenvalue weighted by atomic mass is 10.1. The van der Waals surface area contributed by atoms with Crippen molar-refractivity contribution in [2.75, 3.05) is 11.9 Å². The van der Waals surface area contributed by atoms with Crippen LogP contribution in [0.2, 0.25) is 0 Å². The van der Waals surface area contributed by atoms with E-state index in [0.717, 1.165) is 10.9 Å². The van der Waals surface area contributed by atoms with Crippen molar-refractivity contribution < 1.29 is 18.8 Å². The summed E-state index contributed by atoms with van der Waals surface area (Å²) < 4.78 is 5.18. The minimum Gasteiger partial charge on any atom is -0.423 e. The lowest BCUT2D eigenvalue weighted by molar-refractivity contribution is -0.125. The van der Waals surface area contributed by atoms with Gasteiger partial charge in [-0.2, -0.15) is 0 Å². The van der Waals surface area contributed by atoms with Crippen LogP contribution in [0.4, 0.5) is 5.69 Å². The number of carbonyl (C=O) groups excluding carboxylic acids is 3. The summed E-state index contributed by atoms with van der Waals surface area (Å²) in [7, 11) is 0. The third-order valence-corrected chi connectivity index (χ3v) is 4.06. The van der Waals surface area contributed by atoms with Crippen molar-refractivity contribution >= 4 is 34.9 Å². The van der Waals surface area contributed by atoms with Gasteiger partial charge in [-0.05, 0) is 43.9 Å². The SMILES string of the molecule is CC(=O)N[C@@H](CCCCNC=O)C(=O)Nc1ccc2c(C)cc(=O)oc2c1. The second kappa shape index (κ2) is 9.51. The van der Waals surface area contributed by atoms with Crippen molar-refractivity contribution in [1.29, 1.82) is 0 Å². The molecular weight excluding hydrogens is 350 g/mol. The van der Waals surface area contributed by atoms with Gasteiger partial charge in [-0.15, -0.1) is 0 Å². The summed E-state index contributed by atoms with van der Waals surface area (Å²) in [5.41, 5.74) is 1.19. The highest BCUT2D eigenvalue weighted by atomic mass is 16.4. The molecule has 1 aromatic carbocycles. The molecule has 1 heterocycles. The maximum atomic E-state index is 12.5. The zero-order chi connectivity index (χ0) is 19.8. The van der Waals surface area contributed by atoms with E-state index in [1.807, 2.05) is 6.92 Å². The highest BCUT2D eigenvalue weighted by Crippen LogP contribution is 2.21. The monoisotopic (exact) mass is 373 g/mol. The van der Waals surface area contributed by atoms with Gasteiger partial charge < -0.3 is 20.4 Å². The standard InChI is InChI=1S/C19H23N3O5/c1-12-9-18(25)27-17-10-14(6-7-15(12)17)22-19(26)16(21-13(2)24)5-3-4-8-20-11-23/h6-7,9-11,16H,3-5,8H2,1-2H3,(H,20,23)(H,21,24)(H,22,26)/t16-/m0/s1. The molecule has 27 heavy (non-hydrogen) atoms. The molecule has 3 amide bonds. The first kappa shape index (κ1) is 20.2. The highest BCUT2D eigenvalue weighted by Gasteiger charge is 2.19. The molecule has 0 aliphatic carbocycles. The summed E-state index contributed by atoms with van der Waals surface area (Å²) in [4.78, 5) is 45.7. The summed E-state index contributed by atoms with van der Waals surface area (Å²) in [6, 6.07) is 5.78. The van der Waals surface area contributed by atoms with Crippen molar-refractivity contribution in [3.05, 3.63) is 40.2 Å². The predicted octanol–water partition coefficient (Wildman–Crippen LogP) is 1.46. The molecule has 0 spiro atoms. The fraction of sp³-hybridized carbons (Fsp3) is 0.368. The van der Waals surface area contributed by atoms with Gasteiger partial charge in [-0.25, -0.2) is 4.79 Å². The molecule has 0 saturated heterocycles. The number of rotatable bonds is 9. The van der Waals surface area contributed by atoms with Crippen LogP contribution in [-0.4, -0.2) is 30.8 Å². The van der Waals surface area contributed by atoms with Gasteiger partial charge in [0, 0.05) is 36.7 Å². The van der Waals surface area contributed by atoms with Gasteiger partial charge in [-0.1, -0.05) is 0 Å². The van der Waals surface area contributed by atoms with Crippen LogP contribution in [0.25, 0.3) is 11.0 Å². The smallest absolute Gasteiger partial charge is 0.336 e. The molecular formula is C19H23N3O5. The minimum atomic E-state index is -0.695. The van der Waals surface area contributed by atoms with Gasteiger partial charge in [0.2, 0.25) is 18.2 Å². The second-order valence-corrected chi connectivity index (χ2v) is 6.27. The van der Waals surface area contributed by atoms with Crippen LogP contribution in [0.1, 0.15) is 31.7 Å². The van der Waals surface area contributed by atoms with E-state index >= 15 is 0 Å². The van der Waals surface area contributed by atoms with Crippen LogP contribution in [0.15, 0.2) is 33.5 Å². The first-order valence-corrected chi connectivity index (χ1v) is 8.70. The summed E-state index contributed by atoms with van der Waals surface area (Å²) >= 11 is 0. The van der Waals surface area contributed by atoms with Crippen LogP contribution in [0.3, 0.4) is 0 Å². The van der Waals surface area contributed by atoms with Crippen LogP contribution in [-0.2, 0) is 14.4 Å². The Morgan fingerprint density at radius 2 is 2.00 bits per heavy atom. The Balaban J connectivity index is 2.08. The average molecular weight is 373 g/mol. The number of unbranched alkanes of at least 4 members (excludes halogenated alkanes) is 1. The van der Waals surface area contributed by atoms with E-state index in [1.54, 1.807) is 18.2 Å². The first-order chi connectivity index (χ1) is 12.9. The van der Waals surface area contributed by atoms with E-state index in [4.69, 9.17) is 4.42 Å². The van der Waals surface area contributed by atoms with Crippen LogP contribution < -0.4 is 21.6 Å². The molecule has 2 aromatic rings. The minimum absolute atomic E-state index is 0.304. The molecule has 0 aliphatic heterocycles. The molecule has 3 N–H and O–H groups in total. The third-order valence-electron chi connectivity index (χ3n) is 4.06. The molecule has 0 bridgehead atoms. The Morgan fingerprint density at radius 3 is 2.70 bits per heavy atom. The molecule has 0 saturated carbocycles. The number of hydrogen-bond acceptors (Lipinski definition) is 5. The quantitative estimate of drug-likeness (QED) is 0.349. The molecule has 2 rings (SSSR count). The van der Waals surface area contributed by atoms with E-state index in [1.165, 1.54) is 13.0 Å². The topological polar surface area (TPSA) is 118 Å². The number of aryl methyl sites for hydroxylation is 1. The Morgan fingerprint density at radius 1 is 1.22 bits per heavy atom. The third kappa shape index (κ3) is 5.95. The van der Waals surface area contributed by atoms with Crippen molar-refractivity contribution in [2.24, 2.45) is 0 Å². The zero-order valence-electron chi connectivity index (χ0n) is 15.3. The van der Waals surface area contributed by atoms with Gasteiger partial charge in [-0.3, -0.25) is 14.4 Å². The van der Waals surface area contributed by atoms with Gasteiger partial charge >= 0.3 is 5.63 Å². The zero-order valence-corrected chi connectivity index (χ0v) is 15.3. The Bertz CT molecular complexity index is 891. The highest BCUT2D eigenvalue weighted by molar-refractivity contribution is 5.98. The molecule has 0 radical (unpaired) electrons. The largest absolute Gasteiger partial charge is 0.423 e. The van der Waals surface area contributed by atoms with E-state index < -0.39 is 11.7 Å². The molecule has 144 valence electrons. The summed E-state index contributed by atoms with van der Waals surface area (Å²) in [5, 5.41) is 8.71. The van der Waals surface area contributed by atoms with Gasteiger partial charge in [0.1, 0.15) is 11.6 Å². The molecule has 1 atom stereocenters. The van der Waals surface area contributed by atoms with Crippen LogP contribution >= 0.6 is 0 Å². The summed E-state index contributed by atoms with van der Waals surface area (Å²) in [6.07, 6.45) is 2.42. The van der Waals surface area contributed by atoms with Crippen molar-refractivity contribution in [3.8, 4) is 0 Å². The number of anilines is 1.